The van der Waals surface area contributed by atoms with Crippen molar-refractivity contribution in [3.8, 4) is 11.1 Å². The smallest absolute Gasteiger partial charge is 1.00 e. The Morgan fingerprint density at radius 2 is 1.24 bits per heavy atom. The summed E-state index contributed by atoms with van der Waals surface area (Å²) < 4.78 is 1.37. The van der Waals surface area contributed by atoms with Crippen molar-refractivity contribution in [1.29, 1.82) is 0 Å². The molecule has 0 N–H and O–H groups in total. The van der Waals surface area contributed by atoms with Crippen molar-refractivity contribution in [2.24, 2.45) is 0 Å². The molecule has 0 fully saturated rings. The predicted octanol–water partition coefficient (Wildman–Crippen LogP) is 1.06. The van der Waals surface area contributed by atoms with Crippen molar-refractivity contribution >= 4 is 12.2 Å². The van der Waals surface area contributed by atoms with E-state index in [0.29, 0.717) is 7.25 Å². The van der Waals surface area contributed by atoms with Crippen molar-refractivity contribution in [3.05, 3.63) is 106 Å². The summed E-state index contributed by atoms with van der Waals surface area (Å²) in [7, 11) is 0. The van der Waals surface area contributed by atoms with Gasteiger partial charge in [-0.2, -0.15) is 0 Å². The van der Waals surface area contributed by atoms with Crippen LogP contribution in [-0.2, 0) is 23.2 Å². The average molecular weight is 497 g/mol. The summed E-state index contributed by atoms with van der Waals surface area (Å²) in [5.74, 6) is 0. The number of halogens is 2. The molecule has 0 aromatic heterocycles. The second kappa shape index (κ2) is 9.17. The van der Waals surface area contributed by atoms with Crippen LogP contribution in [0.1, 0.15) is 43.4 Å². The molecule has 3 aromatic rings. The van der Waals surface area contributed by atoms with E-state index in [2.05, 4.69) is 98.8 Å². The third-order valence-electron chi connectivity index (χ3n) is 5.84. The number of fused-ring (bicyclic) bond motifs is 2. The number of rotatable bonds is 3. The van der Waals surface area contributed by atoms with Gasteiger partial charge in [-0.1, -0.05) is 0 Å². The fraction of sp³-hybridized carbons (Fsp3) is 0.154. The Labute approximate surface area is 197 Å². The van der Waals surface area contributed by atoms with Gasteiger partial charge in [0, 0.05) is 0 Å². The van der Waals surface area contributed by atoms with Crippen LogP contribution in [0.25, 0.3) is 23.3 Å². The van der Waals surface area contributed by atoms with Crippen molar-refractivity contribution in [1.82, 2.24) is 0 Å². The minimum atomic E-state index is -0.725. The number of hydrogen-bond donors (Lipinski definition) is 0. The first-order valence-corrected chi connectivity index (χ1v) is 12.5. The van der Waals surface area contributed by atoms with Crippen LogP contribution in [0.15, 0.2) is 83.9 Å². The molecule has 0 saturated heterocycles. The Hall–Kier alpha value is -1.40. The molecule has 5 rings (SSSR count). The molecule has 2 aliphatic carbocycles. The molecule has 0 radical (unpaired) electrons. The molecule has 144 valence electrons. The topological polar surface area (TPSA) is 0 Å². The third-order valence-corrected chi connectivity index (χ3v) is 11.2. The second-order valence-corrected chi connectivity index (χ2v) is 11.3. The maximum absolute atomic E-state index is 2.46. The first-order valence-electron chi connectivity index (χ1n) is 9.62. The van der Waals surface area contributed by atoms with Gasteiger partial charge < -0.3 is 24.8 Å². The zero-order chi connectivity index (χ0) is 18.4. The van der Waals surface area contributed by atoms with Gasteiger partial charge in [-0.05, 0) is 0 Å². The van der Waals surface area contributed by atoms with E-state index in [1.807, 2.05) is 0 Å². The van der Waals surface area contributed by atoms with Crippen LogP contribution in [0, 0.1) is 0 Å². The molecule has 0 saturated carbocycles. The maximum Gasteiger partial charge on any atom is -1.00 e. The summed E-state index contributed by atoms with van der Waals surface area (Å²) in [6, 6.07) is 26.7. The molecule has 0 nitrogen and oxygen atoms in total. The Kier molecular flexibility index (Phi) is 7.05. The molecule has 29 heavy (non-hydrogen) atoms. The maximum atomic E-state index is 2.46. The SMILES string of the molecule is CC1=Cc2ccccc2[CH]1[Zr+2][CH]1C(C)=Cc2c(-c3ccccc3)cccc21.[Cl-].[Cl-]. The van der Waals surface area contributed by atoms with E-state index < -0.39 is 23.2 Å². The fourth-order valence-corrected chi connectivity index (χ4v) is 9.18. The minimum absolute atomic E-state index is 0. The summed E-state index contributed by atoms with van der Waals surface area (Å²) in [6.45, 7) is 4.68. The standard InChI is InChI=1S/C16H13.C10H9.2ClH.Zr/c1-12-10-14-8-5-9-15(16(14)11-12)13-6-3-2-4-7-13;1-8-6-9-4-2-3-5-10(9)7-8;;;/h2-11H,1H3;2-7H,1H3;2*1H;/q;;;;+2/p-2. The van der Waals surface area contributed by atoms with E-state index in [-0.39, 0.29) is 24.8 Å². The van der Waals surface area contributed by atoms with Crippen LogP contribution in [-0.4, -0.2) is 0 Å². The summed E-state index contributed by atoms with van der Waals surface area (Å²) in [5.41, 5.74) is 11.9. The van der Waals surface area contributed by atoms with E-state index >= 15 is 0 Å². The number of benzene rings is 3. The minimum Gasteiger partial charge on any atom is -1.00 e. The van der Waals surface area contributed by atoms with Gasteiger partial charge >= 0.3 is 174 Å². The summed E-state index contributed by atoms with van der Waals surface area (Å²) in [6.07, 6.45) is 4.87. The molecule has 0 bridgehead atoms. The summed E-state index contributed by atoms with van der Waals surface area (Å²) >= 11 is -0.725. The summed E-state index contributed by atoms with van der Waals surface area (Å²) in [4.78, 5) is 0. The Morgan fingerprint density at radius 3 is 2.03 bits per heavy atom. The zero-order valence-electron chi connectivity index (χ0n) is 16.5. The number of allylic oxidation sites excluding steroid dienone is 2. The largest absolute Gasteiger partial charge is 1.00 e. The molecule has 2 unspecified atom stereocenters. The van der Waals surface area contributed by atoms with E-state index in [9.17, 15) is 0 Å². The van der Waals surface area contributed by atoms with Crippen LogP contribution in [0.5, 0.6) is 0 Å². The molecular formula is C26H22Cl2Zr. The van der Waals surface area contributed by atoms with Gasteiger partial charge in [0.1, 0.15) is 0 Å². The normalized spacial score (nSPS) is 18.4. The van der Waals surface area contributed by atoms with Gasteiger partial charge in [-0.25, -0.2) is 0 Å². The molecule has 0 heterocycles. The van der Waals surface area contributed by atoms with Gasteiger partial charge in [0.05, 0.1) is 0 Å². The van der Waals surface area contributed by atoms with Crippen LogP contribution in [0.2, 0.25) is 0 Å². The second-order valence-electron chi connectivity index (χ2n) is 7.61. The van der Waals surface area contributed by atoms with Gasteiger partial charge in [0.2, 0.25) is 0 Å². The van der Waals surface area contributed by atoms with Crippen molar-refractivity contribution in [2.75, 3.05) is 0 Å². The van der Waals surface area contributed by atoms with Crippen LogP contribution in [0.3, 0.4) is 0 Å². The molecular weight excluding hydrogens is 474 g/mol. The molecule has 0 aliphatic heterocycles. The van der Waals surface area contributed by atoms with Gasteiger partial charge in [0.15, 0.2) is 0 Å². The molecule has 2 atom stereocenters. The van der Waals surface area contributed by atoms with Crippen molar-refractivity contribution < 1.29 is 48.0 Å². The van der Waals surface area contributed by atoms with E-state index in [1.165, 1.54) is 22.3 Å². The molecule has 0 amide bonds. The third kappa shape index (κ3) is 3.98. The quantitative estimate of drug-likeness (QED) is 0.509. The van der Waals surface area contributed by atoms with Crippen LogP contribution < -0.4 is 24.8 Å². The Morgan fingerprint density at radius 1 is 0.621 bits per heavy atom. The average Bonchev–Trinajstić information content (AvgIpc) is 3.19. The Balaban J connectivity index is 0.00000120. The van der Waals surface area contributed by atoms with Gasteiger partial charge in [-0.3, -0.25) is 0 Å². The first-order chi connectivity index (χ1) is 13.2. The predicted molar refractivity (Wildman–Crippen MR) is 111 cm³/mol. The van der Waals surface area contributed by atoms with E-state index in [1.54, 1.807) is 22.3 Å². The van der Waals surface area contributed by atoms with Gasteiger partial charge in [-0.15, -0.1) is 0 Å². The van der Waals surface area contributed by atoms with E-state index in [4.69, 9.17) is 0 Å². The van der Waals surface area contributed by atoms with E-state index in [0.717, 1.165) is 0 Å². The molecule has 2 aliphatic rings. The van der Waals surface area contributed by atoms with Crippen LogP contribution >= 0.6 is 0 Å². The number of hydrogen-bond acceptors (Lipinski definition) is 0. The molecule has 0 spiro atoms. The monoisotopic (exact) mass is 494 g/mol. The van der Waals surface area contributed by atoms with Crippen molar-refractivity contribution in [2.45, 2.75) is 21.1 Å². The first kappa shape index (κ1) is 22.3. The fourth-order valence-electron chi connectivity index (χ4n) is 4.51. The summed E-state index contributed by atoms with van der Waals surface area (Å²) in [5, 5.41) is 0. The molecule has 3 aromatic carbocycles. The molecule has 3 heteroatoms. The zero-order valence-corrected chi connectivity index (χ0v) is 20.5. The van der Waals surface area contributed by atoms with Gasteiger partial charge in [0.25, 0.3) is 0 Å². The Bertz CT molecular complexity index is 1080. The van der Waals surface area contributed by atoms with Crippen LogP contribution in [0.4, 0.5) is 0 Å². The van der Waals surface area contributed by atoms with Crippen molar-refractivity contribution in [3.63, 3.8) is 0 Å².